The smallest absolute Gasteiger partial charge is 0.356 e. The van der Waals surface area contributed by atoms with Gasteiger partial charge in [-0.3, -0.25) is 4.68 Å². The Hall–Kier alpha value is -2.10. The van der Waals surface area contributed by atoms with Crippen LogP contribution in [0, 0.1) is 0 Å². The molecular formula is C17H22N2O2. The second-order valence-corrected chi connectivity index (χ2v) is 6.00. The van der Waals surface area contributed by atoms with E-state index in [4.69, 9.17) is 5.11 Å². The minimum Gasteiger partial charge on any atom is -0.476 e. The number of rotatable bonds is 4. The van der Waals surface area contributed by atoms with E-state index in [0.29, 0.717) is 11.8 Å². The molecule has 4 heteroatoms. The van der Waals surface area contributed by atoms with Gasteiger partial charge >= 0.3 is 5.97 Å². The van der Waals surface area contributed by atoms with Gasteiger partial charge in [-0.15, -0.1) is 0 Å². The number of benzene rings is 1. The average molecular weight is 286 g/mol. The topological polar surface area (TPSA) is 55.1 Å². The molecule has 21 heavy (non-hydrogen) atoms. The van der Waals surface area contributed by atoms with Gasteiger partial charge in [-0.2, -0.15) is 5.10 Å². The van der Waals surface area contributed by atoms with Crippen molar-refractivity contribution in [3.8, 4) is 11.3 Å². The number of carbonyl (C=O) groups is 1. The Morgan fingerprint density at radius 3 is 2.29 bits per heavy atom. The Labute approximate surface area is 125 Å². The van der Waals surface area contributed by atoms with Gasteiger partial charge < -0.3 is 5.11 Å². The van der Waals surface area contributed by atoms with E-state index in [-0.39, 0.29) is 5.69 Å². The van der Waals surface area contributed by atoms with E-state index >= 15 is 0 Å². The van der Waals surface area contributed by atoms with E-state index < -0.39 is 5.97 Å². The minimum atomic E-state index is -0.997. The summed E-state index contributed by atoms with van der Waals surface area (Å²) in [5.74, 6) is -0.204. The number of aryl methyl sites for hydroxylation is 1. The predicted octanol–water partition coefficient (Wildman–Crippen LogP) is 4.03. The highest BCUT2D eigenvalue weighted by Gasteiger charge is 2.17. The zero-order valence-corrected chi connectivity index (χ0v) is 13.2. The Kier molecular flexibility index (Phi) is 4.16. The molecule has 0 bridgehead atoms. The third-order valence-electron chi connectivity index (χ3n) is 3.74. The first-order chi connectivity index (χ1) is 9.81. The third kappa shape index (κ3) is 2.99. The maximum absolute atomic E-state index is 11.1. The molecule has 0 atom stereocenters. The maximum Gasteiger partial charge on any atom is 0.356 e. The van der Waals surface area contributed by atoms with E-state index in [1.54, 1.807) is 17.8 Å². The first kappa shape index (κ1) is 15.3. The van der Waals surface area contributed by atoms with E-state index in [1.165, 1.54) is 11.1 Å². The monoisotopic (exact) mass is 286 g/mol. The molecule has 0 amide bonds. The summed E-state index contributed by atoms with van der Waals surface area (Å²) in [6, 6.07) is 8.09. The van der Waals surface area contributed by atoms with Crippen molar-refractivity contribution in [2.45, 2.75) is 39.5 Å². The highest BCUT2D eigenvalue weighted by molar-refractivity contribution is 5.87. The molecular weight excluding hydrogens is 264 g/mol. The molecule has 0 aliphatic rings. The summed E-state index contributed by atoms with van der Waals surface area (Å²) < 4.78 is 1.65. The van der Waals surface area contributed by atoms with Crippen LogP contribution in [0.5, 0.6) is 0 Å². The molecule has 0 unspecified atom stereocenters. The van der Waals surface area contributed by atoms with Crippen molar-refractivity contribution in [1.82, 2.24) is 9.78 Å². The molecule has 4 nitrogen and oxygen atoms in total. The SMILES string of the molecule is CC(C)c1ccc(C(C)C)c(-c2cc(C(=O)O)nn2C)c1. The van der Waals surface area contributed by atoms with Crippen LogP contribution in [0.3, 0.4) is 0 Å². The number of aromatic carboxylic acids is 1. The molecule has 0 aliphatic heterocycles. The lowest BCUT2D eigenvalue weighted by Gasteiger charge is -2.16. The number of aromatic nitrogens is 2. The molecule has 1 heterocycles. The average Bonchev–Trinajstić information content (AvgIpc) is 2.80. The predicted molar refractivity (Wildman–Crippen MR) is 83.8 cm³/mol. The summed E-state index contributed by atoms with van der Waals surface area (Å²) >= 11 is 0. The van der Waals surface area contributed by atoms with Gasteiger partial charge in [-0.25, -0.2) is 4.79 Å². The molecule has 1 aromatic heterocycles. The summed E-state index contributed by atoms with van der Waals surface area (Å²) in [7, 11) is 1.79. The maximum atomic E-state index is 11.1. The van der Waals surface area contributed by atoms with Gasteiger partial charge in [0.25, 0.3) is 0 Å². The lowest BCUT2D eigenvalue weighted by molar-refractivity contribution is 0.0689. The summed E-state index contributed by atoms with van der Waals surface area (Å²) in [6.07, 6.45) is 0. The van der Waals surface area contributed by atoms with Crippen LogP contribution in [0.2, 0.25) is 0 Å². The summed E-state index contributed by atoms with van der Waals surface area (Å²) in [5.41, 5.74) is 4.45. The van der Waals surface area contributed by atoms with Gasteiger partial charge in [-0.05, 0) is 35.1 Å². The van der Waals surface area contributed by atoms with Crippen LogP contribution in [0.4, 0.5) is 0 Å². The van der Waals surface area contributed by atoms with Crippen LogP contribution < -0.4 is 0 Å². The quantitative estimate of drug-likeness (QED) is 0.923. The van der Waals surface area contributed by atoms with E-state index in [1.807, 2.05) is 0 Å². The molecule has 2 rings (SSSR count). The second-order valence-electron chi connectivity index (χ2n) is 6.00. The number of carboxylic acids is 1. The largest absolute Gasteiger partial charge is 0.476 e. The lowest BCUT2D eigenvalue weighted by Crippen LogP contribution is -2.01. The number of nitrogens with zero attached hydrogens (tertiary/aromatic N) is 2. The van der Waals surface area contributed by atoms with Crippen molar-refractivity contribution < 1.29 is 9.90 Å². The molecule has 1 N–H and O–H groups in total. The Balaban J connectivity index is 2.65. The first-order valence-electron chi connectivity index (χ1n) is 7.22. The zero-order valence-electron chi connectivity index (χ0n) is 13.2. The fourth-order valence-electron chi connectivity index (χ4n) is 2.48. The van der Waals surface area contributed by atoms with Crippen molar-refractivity contribution in [3.05, 3.63) is 41.1 Å². The molecule has 0 saturated heterocycles. The number of hydrogen-bond acceptors (Lipinski definition) is 2. The van der Waals surface area contributed by atoms with Crippen molar-refractivity contribution >= 4 is 5.97 Å². The number of carboxylic acid groups (broad SMARTS) is 1. The fourth-order valence-corrected chi connectivity index (χ4v) is 2.48. The van der Waals surface area contributed by atoms with Crippen LogP contribution in [0.25, 0.3) is 11.3 Å². The van der Waals surface area contributed by atoms with E-state index in [0.717, 1.165) is 11.3 Å². The lowest BCUT2D eigenvalue weighted by atomic mass is 9.90. The first-order valence-corrected chi connectivity index (χ1v) is 7.22. The molecule has 0 spiro atoms. The molecule has 1 aromatic carbocycles. The summed E-state index contributed by atoms with van der Waals surface area (Å²) in [4.78, 5) is 11.1. The molecule has 0 aliphatic carbocycles. The third-order valence-corrected chi connectivity index (χ3v) is 3.74. The molecule has 112 valence electrons. The molecule has 0 saturated carbocycles. The normalized spacial score (nSPS) is 11.4. The van der Waals surface area contributed by atoms with Gasteiger partial charge in [0.2, 0.25) is 0 Å². The summed E-state index contributed by atoms with van der Waals surface area (Å²) in [6.45, 7) is 8.59. The van der Waals surface area contributed by atoms with Gasteiger partial charge in [0, 0.05) is 12.6 Å². The highest BCUT2D eigenvalue weighted by atomic mass is 16.4. The fraction of sp³-hybridized carbons (Fsp3) is 0.412. The standard InChI is InChI=1S/C17H22N2O2/c1-10(2)12-6-7-13(11(3)4)14(8-12)16-9-15(17(20)21)18-19(16)5/h6-11H,1-5H3,(H,20,21). The van der Waals surface area contributed by atoms with Gasteiger partial charge in [0.1, 0.15) is 0 Å². The minimum absolute atomic E-state index is 0.0807. The van der Waals surface area contributed by atoms with Crippen LogP contribution in [0.1, 0.15) is 61.1 Å². The van der Waals surface area contributed by atoms with Crippen molar-refractivity contribution in [2.24, 2.45) is 7.05 Å². The van der Waals surface area contributed by atoms with Gasteiger partial charge in [-0.1, -0.05) is 39.8 Å². The Bertz CT molecular complexity index is 669. The van der Waals surface area contributed by atoms with Gasteiger partial charge in [0.15, 0.2) is 5.69 Å². The molecule has 0 radical (unpaired) electrons. The molecule has 2 aromatic rings. The Morgan fingerprint density at radius 2 is 1.81 bits per heavy atom. The van der Waals surface area contributed by atoms with E-state index in [9.17, 15) is 4.79 Å². The van der Waals surface area contributed by atoms with Crippen LogP contribution >= 0.6 is 0 Å². The highest BCUT2D eigenvalue weighted by Crippen LogP contribution is 2.32. The Morgan fingerprint density at radius 1 is 1.14 bits per heavy atom. The van der Waals surface area contributed by atoms with Gasteiger partial charge in [0.05, 0.1) is 5.69 Å². The van der Waals surface area contributed by atoms with Crippen molar-refractivity contribution in [2.75, 3.05) is 0 Å². The second kappa shape index (κ2) is 5.72. The molecule has 0 fully saturated rings. The van der Waals surface area contributed by atoms with Crippen molar-refractivity contribution in [3.63, 3.8) is 0 Å². The van der Waals surface area contributed by atoms with Crippen LogP contribution in [-0.2, 0) is 7.05 Å². The number of hydrogen-bond donors (Lipinski definition) is 1. The zero-order chi connectivity index (χ0) is 15.7. The van der Waals surface area contributed by atoms with Crippen molar-refractivity contribution in [1.29, 1.82) is 0 Å². The van der Waals surface area contributed by atoms with E-state index in [2.05, 4.69) is 51.0 Å². The van der Waals surface area contributed by atoms with Crippen LogP contribution in [0.15, 0.2) is 24.3 Å². The van der Waals surface area contributed by atoms with Crippen LogP contribution in [-0.4, -0.2) is 20.9 Å². The summed E-state index contributed by atoms with van der Waals surface area (Å²) in [5, 5.41) is 13.2.